The second-order valence-corrected chi connectivity index (χ2v) is 5.79. The van der Waals surface area contributed by atoms with E-state index in [4.69, 9.17) is 20.9 Å². The van der Waals surface area contributed by atoms with Crippen molar-refractivity contribution >= 4 is 23.2 Å². The van der Waals surface area contributed by atoms with Gasteiger partial charge in [0.15, 0.2) is 5.69 Å². The molecule has 1 N–H and O–H groups in total. The van der Waals surface area contributed by atoms with Crippen molar-refractivity contribution in [2.75, 3.05) is 5.32 Å². The van der Waals surface area contributed by atoms with Crippen LogP contribution in [0.15, 0.2) is 41.2 Å². The van der Waals surface area contributed by atoms with Gasteiger partial charge in [0.1, 0.15) is 18.1 Å². The second kappa shape index (κ2) is 7.40. The van der Waals surface area contributed by atoms with E-state index in [1.807, 2.05) is 6.92 Å². The third-order valence-electron chi connectivity index (χ3n) is 3.59. The summed E-state index contributed by atoms with van der Waals surface area (Å²) in [5.41, 5.74) is 1.36. The number of hydrogen-bond donors (Lipinski definition) is 1. The fourth-order valence-corrected chi connectivity index (χ4v) is 2.42. The number of nitrogens with zero attached hydrogens (tertiary/aromatic N) is 3. The lowest BCUT2D eigenvalue weighted by Gasteiger charge is -2.07. The molecule has 1 amide bonds. The molecule has 0 aliphatic heterocycles. The van der Waals surface area contributed by atoms with E-state index >= 15 is 0 Å². The molecule has 2 aromatic heterocycles. The van der Waals surface area contributed by atoms with Crippen molar-refractivity contribution in [3.8, 4) is 5.75 Å². The summed E-state index contributed by atoms with van der Waals surface area (Å²) in [7, 11) is 0. The molecule has 25 heavy (non-hydrogen) atoms. The highest BCUT2D eigenvalue weighted by Crippen LogP contribution is 2.21. The molecule has 0 fully saturated rings. The van der Waals surface area contributed by atoms with Crippen LogP contribution in [-0.2, 0) is 13.2 Å². The van der Waals surface area contributed by atoms with Gasteiger partial charge in [-0.25, -0.2) is 0 Å². The zero-order valence-electron chi connectivity index (χ0n) is 13.8. The molecule has 0 spiro atoms. The summed E-state index contributed by atoms with van der Waals surface area (Å²) in [6.45, 7) is 4.56. The quantitative estimate of drug-likeness (QED) is 0.725. The molecule has 0 atom stereocenters. The van der Waals surface area contributed by atoms with Crippen LogP contribution in [-0.4, -0.2) is 20.8 Å². The minimum absolute atomic E-state index is 0.145. The number of nitrogens with one attached hydrogen (secondary N) is 1. The molecule has 3 rings (SSSR count). The Morgan fingerprint density at radius 3 is 3.00 bits per heavy atom. The highest BCUT2D eigenvalue weighted by molar-refractivity contribution is 6.30. The zero-order chi connectivity index (χ0) is 17.8. The summed E-state index contributed by atoms with van der Waals surface area (Å²) in [6.07, 6.45) is 3.32. The van der Waals surface area contributed by atoms with E-state index < -0.39 is 0 Å². The van der Waals surface area contributed by atoms with Crippen LogP contribution in [0.3, 0.4) is 0 Å². The molecule has 3 aromatic rings. The van der Waals surface area contributed by atoms with E-state index in [1.165, 1.54) is 0 Å². The molecular formula is C17H17ClN4O3. The Kier molecular flexibility index (Phi) is 5.04. The van der Waals surface area contributed by atoms with E-state index in [1.54, 1.807) is 48.3 Å². The number of carbonyl (C=O) groups is 1. The van der Waals surface area contributed by atoms with Gasteiger partial charge in [-0.05, 0) is 32.0 Å². The fourth-order valence-electron chi connectivity index (χ4n) is 2.24. The average Bonchev–Trinajstić information content (AvgIpc) is 3.19. The predicted octanol–water partition coefficient (Wildman–Crippen LogP) is 3.68. The Hall–Kier alpha value is -2.80. The third kappa shape index (κ3) is 4.00. The maximum Gasteiger partial charge on any atom is 0.278 e. The van der Waals surface area contributed by atoms with E-state index in [0.717, 1.165) is 6.54 Å². The monoisotopic (exact) mass is 360 g/mol. The summed E-state index contributed by atoms with van der Waals surface area (Å²) in [6, 6.07) is 7.03. The second-order valence-electron chi connectivity index (χ2n) is 5.35. The third-order valence-corrected chi connectivity index (χ3v) is 3.83. The molecule has 0 saturated heterocycles. The largest absolute Gasteiger partial charge is 0.489 e. The zero-order valence-corrected chi connectivity index (χ0v) is 14.6. The molecule has 0 aliphatic carbocycles. The average molecular weight is 361 g/mol. The van der Waals surface area contributed by atoms with Crippen molar-refractivity contribution < 1.29 is 14.1 Å². The van der Waals surface area contributed by atoms with Crippen LogP contribution >= 0.6 is 11.6 Å². The standard InChI is InChI=1S/C17H17ClN4O3/c1-3-22-9-13(8-19-22)20-17(23)16-15(11(2)25-21-16)10-24-14-6-4-5-12(18)7-14/h4-9H,3,10H2,1-2H3,(H,20,23). The molecule has 1 aromatic carbocycles. The molecule has 0 aliphatic rings. The number of benzene rings is 1. The van der Waals surface area contributed by atoms with Crippen molar-refractivity contribution in [2.24, 2.45) is 0 Å². The predicted molar refractivity (Wildman–Crippen MR) is 92.9 cm³/mol. The smallest absolute Gasteiger partial charge is 0.278 e. The van der Waals surface area contributed by atoms with Crippen LogP contribution in [0.4, 0.5) is 5.69 Å². The summed E-state index contributed by atoms with van der Waals surface area (Å²) in [5, 5.41) is 11.3. The lowest BCUT2D eigenvalue weighted by atomic mass is 10.2. The summed E-state index contributed by atoms with van der Waals surface area (Å²) >= 11 is 5.94. The lowest BCUT2D eigenvalue weighted by Crippen LogP contribution is -2.15. The number of anilines is 1. The number of aromatic nitrogens is 3. The van der Waals surface area contributed by atoms with Crippen molar-refractivity contribution in [1.29, 1.82) is 0 Å². The Balaban J connectivity index is 1.73. The lowest BCUT2D eigenvalue weighted by molar-refractivity contribution is 0.101. The van der Waals surface area contributed by atoms with E-state index in [-0.39, 0.29) is 18.2 Å². The first kappa shape index (κ1) is 17.0. The normalized spacial score (nSPS) is 10.7. The van der Waals surface area contributed by atoms with E-state index in [2.05, 4.69) is 15.6 Å². The number of halogens is 1. The fraction of sp³-hybridized carbons (Fsp3) is 0.235. The van der Waals surface area contributed by atoms with Crippen molar-refractivity contribution in [3.05, 3.63) is 58.7 Å². The minimum Gasteiger partial charge on any atom is -0.489 e. The summed E-state index contributed by atoms with van der Waals surface area (Å²) in [4.78, 5) is 12.5. The number of ether oxygens (including phenoxy) is 1. The van der Waals surface area contributed by atoms with Gasteiger partial charge >= 0.3 is 0 Å². The Labute approximate surface area is 149 Å². The van der Waals surface area contributed by atoms with Gasteiger partial charge in [-0.1, -0.05) is 22.8 Å². The van der Waals surface area contributed by atoms with Crippen molar-refractivity contribution in [1.82, 2.24) is 14.9 Å². The number of aryl methyl sites for hydroxylation is 2. The van der Waals surface area contributed by atoms with Gasteiger partial charge in [0.2, 0.25) is 0 Å². The molecule has 0 radical (unpaired) electrons. The van der Waals surface area contributed by atoms with Crippen LogP contribution in [0.2, 0.25) is 5.02 Å². The van der Waals surface area contributed by atoms with Crippen LogP contribution in [0.1, 0.15) is 28.7 Å². The summed E-state index contributed by atoms with van der Waals surface area (Å²) in [5.74, 6) is 0.748. The molecule has 130 valence electrons. The van der Waals surface area contributed by atoms with Crippen LogP contribution in [0.25, 0.3) is 0 Å². The maximum absolute atomic E-state index is 12.5. The van der Waals surface area contributed by atoms with Gasteiger partial charge in [-0.3, -0.25) is 9.48 Å². The number of carbonyl (C=O) groups excluding carboxylic acids is 1. The molecule has 0 bridgehead atoms. The van der Waals surface area contributed by atoms with Crippen molar-refractivity contribution in [3.63, 3.8) is 0 Å². The van der Waals surface area contributed by atoms with Gasteiger partial charge < -0.3 is 14.6 Å². The van der Waals surface area contributed by atoms with Crippen LogP contribution in [0.5, 0.6) is 5.75 Å². The van der Waals surface area contributed by atoms with Gasteiger partial charge in [0.25, 0.3) is 5.91 Å². The first-order valence-electron chi connectivity index (χ1n) is 7.74. The topological polar surface area (TPSA) is 82.2 Å². The Morgan fingerprint density at radius 1 is 1.44 bits per heavy atom. The molecule has 0 saturated carbocycles. The molecule has 7 nitrogen and oxygen atoms in total. The van der Waals surface area contributed by atoms with E-state index in [9.17, 15) is 4.79 Å². The number of hydrogen-bond acceptors (Lipinski definition) is 5. The SMILES string of the molecule is CCn1cc(NC(=O)c2noc(C)c2COc2cccc(Cl)c2)cn1. The number of amides is 1. The van der Waals surface area contributed by atoms with Crippen molar-refractivity contribution in [2.45, 2.75) is 27.0 Å². The van der Waals surface area contributed by atoms with Gasteiger partial charge in [0, 0.05) is 17.8 Å². The van der Waals surface area contributed by atoms with E-state index in [0.29, 0.717) is 27.8 Å². The highest BCUT2D eigenvalue weighted by Gasteiger charge is 2.21. The minimum atomic E-state index is -0.378. The van der Waals surface area contributed by atoms with Crippen LogP contribution in [0, 0.1) is 6.92 Å². The van der Waals surface area contributed by atoms with Gasteiger partial charge in [0.05, 0.1) is 17.4 Å². The van der Waals surface area contributed by atoms with Crippen LogP contribution < -0.4 is 10.1 Å². The first-order chi connectivity index (χ1) is 12.1. The number of rotatable bonds is 6. The Morgan fingerprint density at radius 2 is 2.28 bits per heavy atom. The Bertz CT molecular complexity index is 888. The molecular weight excluding hydrogens is 344 g/mol. The summed E-state index contributed by atoms with van der Waals surface area (Å²) < 4.78 is 12.6. The maximum atomic E-state index is 12.5. The highest BCUT2D eigenvalue weighted by atomic mass is 35.5. The molecule has 2 heterocycles. The molecule has 0 unspecified atom stereocenters. The van der Waals surface area contributed by atoms with Gasteiger partial charge in [-0.2, -0.15) is 5.10 Å². The molecule has 8 heteroatoms. The first-order valence-corrected chi connectivity index (χ1v) is 8.12. The van der Waals surface area contributed by atoms with Gasteiger partial charge in [-0.15, -0.1) is 0 Å².